The van der Waals surface area contributed by atoms with Crippen molar-refractivity contribution in [1.29, 1.82) is 0 Å². The van der Waals surface area contributed by atoms with Crippen LogP contribution in [0.4, 0.5) is 4.39 Å². The number of halogens is 1. The van der Waals surface area contributed by atoms with Gasteiger partial charge in [0.1, 0.15) is 12.4 Å². The summed E-state index contributed by atoms with van der Waals surface area (Å²) in [4.78, 5) is 27.9. The number of amides is 1. The highest BCUT2D eigenvalue weighted by atomic mass is 32.1. The Kier molecular flexibility index (Phi) is 5.07. The summed E-state index contributed by atoms with van der Waals surface area (Å²) in [6.07, 6.45) is 0.320. The third-order valence-electron chi connectivity index (χ3n) is 2.96. The smallest absolute Gasteiger partial charge is 0.325 e. The van der Waals surface area contributed by atoms with Gasteiger partial charge in [-0.25, -0.2) is 4.39 Å². The molecule has 0 unspecified atom stereocenters. The lowest BCUT2D eigenvalue weighted by atomic mass is 10.1. The molecule has 0 spiro atoms. The highest BCUT2D eigenvalue weighted by Crippen LogP contribution is 2.18. The number of benzene rings is 1. The molecule has 2 aromatic rings. The van der Waals surface area contributed by atoms with E-state index in [2.05, 4.69) is 9.73 Å². The van der Waals surface area contributed by atoms with Crippen LogP contribution < -0.4 is 4.80 Å². The van der Waals surface area contributed by atoms with Gasteiger partial charge in [0, 0.05) is 6.42 Å². The lowest BCUT2D eigenvalue weighted by molar-refractivity contribution is -0.141. The minimum Gasteiger partial charge on any atom is -0.468 e. The van der Waals surface area contributed by atoms with Gasteiger partial charge in [-0.2, -0.15) is 4.99 Å². The third-order valence-corrected chi connectivity index (χ3v) is 4.00. The van der Waals surface area contributed by atoms with Crippen LogP contribution in [0.25, 0.3) is 10.2 Å². The number of ether oxygens (including phenoxy) is 1. The topological polar surface area (TPSA) is 60.7 Å². The molecule has 0 aliphatic rings. The molecule has 7 heteroatoms. The second-order valence-electron chi connectivity index (χ2n) is 5.26. The second kappa shape index (κ2) is 6.83. The Balaban J connectivity index is 2.55. The van der Waals surface area contributed by atoms with Crippen molar-refractivity contribution in [3.05, 3.63) is 28.8 Å². The minimum atomic E-state index is -0.457. The van der Waals surface area contributed by atoms with Crippen LogP contribution in [0.5, 0.6) is 0 Å². The predicted octanol–water partition coefficient (Wildman–Crippen LogP) is 2.49. The van der Waals surface area contributed by atoms with Crippen molar-refractivity contribution < 1.29 is 18.7 Å². The number of hydrogen-bond donors (Lipinski definition) is 0. The molecule has 0 bridgehead atoms. The molecule has 1 aromatic carbocycles. The first-order chi connectivity index (χ1) is 10.4. The molecule has 5 nitrogen and oxygen atoms in total. The highest BCUT2D eigenvalue weighted by Gasteiger charge is 2.12. The van der Waals surface area contributed by atoms with Crippen molar-refractivity contribution in [3.8, 4) is 0 Å². The quantitative estimate of drug-likeness (QED) is 0.812. The zero-order valence-electron chi connectivity index (χ0n) is 12.6. The van der Waals surface area contributed by atoms with Gasteiger partial charge in [-0.15, -0.1) is 0 Å². The van der Waals surface area contributed by atoms with E-state index in [-0.39, 0.29) is 24.2 Å². The van der Waals surface area contributed by atoms with Crippen LogP contribution in [0.2, 0.25) is 0 Å². The standard InChI is InChI=1S/C15H17FN2O3S/c1-9(2)6-13(19)17-15-18(8-14(20)21-3)11-5-4-10(16)7-12(11)22-15/h4-5,7,9H,6,8H2,1-3H3. The van der Waals surface area contributed by atoms with Gasteiger partial charge in [0.05, 0.1) is 17.3 Å². The Labute approximate surface area is 131 Å². The van der Waals surface area contributed by atoms with Crippen LogP contribution in [-0.2, 0) is 20.9 Å². The fourth-order valence-electron chi connectivity index (χ4n) is 1.98. The minimum absolute atomic E-state index is 0.0735. The lowest BCUT2D eigenvalue weighted by Gasteiger charge is -2.03. The monoisotopic (exact) mass is 324 g/mol. The summed E-state index contributed by atoms with van der Waals surface area (Å²) >= 11 is 1.17. The van der Waals surface area contributed by atoms with Gasteiger partial charge in [0.25, 0.3) is 0 Å². The van der Waals surface area contributed by atoms with Crippen LogP contribution in [0.1, 0.15) is 20.3 Å². The number of hydrogen-bond acceptors (Lipinski definition) is 4. The van der Waals surface area contributed by atoms with E-state index in [1.165, 1.54) is 30.6 Å². The Hall–Kier alpha value is -2.02. The number of carbonyl (C=O) groups excluding carboxylic acids is 2. The van der Waals surface area contributed by atoms with Gasteiger partial charge < -0.3 is 9.30 Å². The molecule has 22 heavy (non-hydrogen) atoms. The summed E-state index contributed by atoms with van der Waals surface area (Å²) in [5.41, 5.74) is 0.646. The van der Waals surface area contributed by atoms with Crippen molar-refractivity contribution in [3.63, 3.8) is 0 Å². The van der Waals surface area contributed by atoms with Gasteiger partial charge in [-0.3, -0.25) is 9.59 Å². The van der Waals surface area contributed by atoms with E-state index in [4.69, 9.17) is 0 Å². The first kappa shape index (κ1) is 16.4. The lowest BCUT2D eigenvalue weighted by Crippen LogP contribution is -2.22. The highest BCUT2D eigenvalue weighted by molar-refractivity contribution is 7.16. The molecule has 0 N–H and O–H groups in total. The van der Waals surface area contributed by atoms with Gasteiger partial charge >= 0.3 is 5.97 Å². The number of rotatable bonds is 4. The summed E-state index contributed by atoms with van der Waals surface area (Å²) < 4.78 is 20.2. The summed E-state index contributed by atoms with van der Waals surface area (Å²) in [5.74, 6) is -0.904. The summed E-state index contributed by atoms with van der Waals surface area (Å²) in [7, 11) is 1.29. The zero-order chi connectivity index (χ0) is 16.3. The number of nitrogens with zero attached hydrogens (tertiary/aromatic N) is 2. The van der Waals surface area contributed by atoms with Crippen molar-refractivity contribution >= 4 is 33.4 Å². The third kappa shape index (κ3) is 3.79. The molecule has 1 aromatic heterocycles. The molecule has 1 heterocycles. The fraction of sp³-hybridized carbons (Fsp3) is 0.400. The Bertz CT molecular complexity index is 777. The molecular weight excluding hydrogens is 307 g/mol. The van der Waals surface area contributed by atoms with E-state index in [9.17, 15) is 14.0 Å². The maximum absolute atomic E-state index is 13.3. The Morgan fingerprint density at radius 2 is 2.14 bits per heavy atom. The average molecular weight is 324 g/mol. The first-order valence-corrected chi connectivity index (χ1v) is 7.65. The van der Waals surface area contributed by atoms with E-state index in [0.717, 1.165) is 0 Å². The van der Waals surface area contributed by atoms with Crippen LogP contribution in [-0.4, -0.2) is 23.6 Å². The number of esters is 1. The van der Waals surface area contributed by atoms with Crippen LogP contribution >= 0.6 is 11.3 Å². The summed E-state index contributed by atoms with van der Waals surface area (Å²) in [6, 6.07) is 4.23. The number of thiazole rings is 1. The Morgan fingerprint density at radius 3 is 2.77 bits per heavy atom. The van der Waals surface area contributed by atoms with Crippen molar-refractivity contribution in [2.75, 3.05) is 7.11 Å². The fourth-order valence-corrected chi connectivity index (χ4v) is 3.05. The molecule has 0 radical (unpaired) electrons. The van der Waals surface area contributed by atoms with Gasteiger partial charge in [-0.1, -0.05) is 25.2 Å². The number of fused-ring (bicyclic) bond motifs is 1. The van der Waals surface area contributed by atoms with Gasteiger partial charge in [-0.05, 0) is 24.1 Å². The average Bonchev–Trinajstić information content (AvgIpc) is 2.74. The zero-order valence-corrected chi connectivity index (χ0v) is 13.4. The molecule has 0 saturated carbocycles. The number of methoxy groups -OCH3 is 1. The SMILES string of the molecule is COC(=O)Cn1c(=NC(=O)CC(C)C)sc2cc(F)ccc21. The Morgan fingerprint density at radius 1 is 1.41 bits per heavy atom. The van der Waals surface area contributed by atoms with Gasteiger partial charge in [0.15, 0.2) is 4.80 Å². The molecule has 0 aliphatic heterocycles. The van der Waals surface area contributed by atoms with Crippen molar-refractivity contribution in [2.24, 2.45) is 10.9 Å². The molecule has 1 amide bonds. The summed E-state index contributed by atoms with van der Waals surface area (Å²) in [6.45, 7) is 3.78. The van der Waals surface area contributed by atoms with E-state index in [0.29, 0.717) is 21.4 Å². The normalized spacial score (nSPS) is 12.1. The molecule has 2 rings (SSSR count). The maximum atomic E-state index is 13.3. The van der Waals surface area contributed by atoms with Crippen LogP contribution in [0.15, 0.2) is 23.2 Å². The van der Waals surface area contributed by atoms with Crippen molar-refractivity contribution in [2.45, 2.75) is 26.8 Å². The number of aromatic nitrogens is 1. The van der Waals surface area contributed by atoms with E-state index in [1.54, 1.807) is 10.6 Å². The van der Waals surface area contributed by atoms with Gasteiger partial charge in [0.2, 0.25) is 5.91 Å². The molecular formula is C15H17FN2O3S. The van der Waals surface area contributed by atoms with Crippen LogP contribution in [0.3, 0.4) is 0 Å². The molecule has 0 atom stereocenters. The predicted molar refractivity (Wildman–Crippen MR) is 81.8 cm³/mol. The summed E-state index contributed by atoms with van der Waals surface area (Å²) in [5, 5.41) is 0. The molecule has 118 valence electrons. The van der Waals surface area contributed by atoms with E-state index >= 15 is 0 Å². The van der Waals surface area contributed by atoms with Crippen LogP contribution in [0, 0.1) is 11.7 Å². The van der Waals surface area contributed by atoms with Crippen molar-refractivity contribution in [1.82, 2.24) is 4.57 Å². The van der Waals surface area contributed by atoms with E-state index in [1.807, 2.05) is 13.8 Å². The largest absolute Gasteiger partial charge is 0.468 e. The molecule has 0 fully saturated rings. The number of carbonyl (C=O) groups is 2. The molecule has 0 aliphatic carbocycles. The van der Waals surface area contributed by atoms with E-state index < -0.39 is 5.97 Å². The molecule has 0 saturated heterocycles. The second-order valence-corrected chi connectivity index (χ2v) is 6.27. The first-order valence-electron chi connectivity index (χ1n) is 6.84. The maximum Gasteiger partial charge on any atom is 0.325 e.